The number of carbonyl (C=O) groups is 1. The molecular weight excluding hydrogens is 242 g/mol. The Morgan fingerprint density at radius 2 is 2.32 bits per heavy atom. The molecule has 1 aromatic rings. The first-order valence-electron chi connectivity index (χ1n) is 6.29. The largest absolute Gasteiger partial charge is 0.362 e. The maximum absolute atomic E-state index is 11.9. The van der Waals surface area contributed by atoms with Gasteiger partial charge >= 0.3 is 0 Å². The van der Waals surface area contributed by atoms with Gasteiger partial charge in [0.15, 0.2) is 0 Å². The Morgan fingerprint density at radius 3 is 2.89 bits per heavy atom. The van der Waals surface area contributed by atoms with Gasteiger partial charge in [-0.2, -0.15) is 5.26 Å². The summed E-state index contributed by atoms with van der Waals surface area (Å²) in [4.78, 5) is 16.0. The molecule has 0 aliphatic rings. The summed E-state index contributed by atoms with van der Waals surface area (Å²) in [7, 11) is 0. The van der Waals surface area contributed by atoms with E-state index < -0.39 is 6.10 Å². The van der Waals surface area contributed by atoms with Crippen molar-refractivity contribution in [3.05, 3.63) is 30.1 Å². The van der Waals surface area contributed by atoms with Gasteiger partial charge in [-0.15, -0.1) is 0 Å². The van der Waals surface area contributed by atoms with Crippen LogP contribution in [0.5, 0.6) is 0 Å². The molecule has 0 spiro atoms. The Bertz CT molecular complexity index is 426. The number of ether oxygens (including phenoxy) is 1. The number of hydrogen-bond acceptors (Lipinski definition) is 4. The number of pyridine rings is 1. The summed E-state index contributed by atoms with van der Waals surface area (Å²) in [6.07, 6.45) is 1.76. The molecule has 5 heteroatoms. The summed E-state index contributed by atoms with van der Waals surface area (Å²) in [6.45, 7) is 4.34. The molecule has 0 bridgehead atoms. The fourth-order valence-electron chi connectivity index (χ4n) is 1.59. The zero-order valence-electron chi connectivity index (χ0n) is 11.3. The first-order chi connectivity index (χ1) is 9.13. The maximum Gasteiger partial charge on any atom is 0.249 e. The molecule has 1 N–H and O–H groups in total. The van der Waals surface area contributed by atoms with E-state index in [-0.39, 0.29) is 19.1 Å². The maximum atomic E-state index is 11.9. The summed E-state index contributed by atoms with van der Waals surface area (Å²) < 4.78 is 5.61. The number of aromatic nitrogens is 1. The van der Waals surface area contributed by atoms with Gasteiger partial charge in [0.2, 0.25) is 5.91 Å². The number of rotatable bonds is 7. The monoisotopic (exact) mass is 261 g/mol. The molecule has 1 rings (SSSR count). The summed E-state index contributed by atoms with van der Waals surface area (Å²) in [5.41, 5.74) is 0.782. The van der Waals surface area contributed by atoms with Gasteiger partial charge in [0.05, 0.1) is 18.4 Å². The van der Waals surface area contributed by atoms with Crippen molar-refractivity contribution in [1.29, 1.82) is 5.26 Å². The molecule has 0 radical (unpaired) electrons. The highest BCUT2D eigenvalue weighted by Gasteiger charge is 2.20. The highest BCUT2D eigenvalue weighted by molar-refractivity contribution is 5.80. The Labute approximate surface area is 113 Å². The van der Waals surface area contributed by atoms with Gasteiger partial charge in [-0.1, -0.05) is 19.9 Å². The molecule has 1 atom stereocenters. The standard InChI is InChI=1S/C14H19N3O2/c1-11(2)9-13(14(18)17-8-6-15)19-10-12-5-3-4-7-16-12/h3-5,7,11,13H,8-10H2,1-2H3,(H,17,18). The normalized spacial score (nSPS) is 11.9. The third kappa shape index (κ3) is 5.98. The number of hydrogen-bond donors (Lipinski definition) is 1. The predicted octanol–water partition coefficient (Wildman–Crippen LogP) is 1.65. The van der Waals surface area contributed by atoms with Crippen LogP contribution < -0.4 is 5.32 Å². The molecule has 19 heavy (non-hydrogen) atoms. The first-order valence-corrected chi connectivity index (χ1v) is 6.29. The second-order valence-corrected chi connectivity index (χ2v) is 4.63. The molecule has 1 unspecified atom stereocenters. The van der Waals surface area contributed by atoms with Crippen molar-refractivity contribution in [2.45, 2.75) is 33.0 Å². The minimum atomic E-state index is -0.546. The predicted molar refractivity (Wildman–Crippen MR) is 70.9 cm³/mol. The van der Waals surface area contributed by atoms with E-state index in [4.69, 9.17) is 10.00 Å². The molecule has 0 saturated carbocycles. The smallest absolute Gasteiger partial charge is 0.249 e. The zero-order chi connectivity index (χ0) is 14.1. The number of nitriles is 1. The molecule has 0 saturated heterocycles. The Hall–Kier alpha value is -1.93. The Morgan fingerprint density at radius 1 is 1.53 bits per heavy atom. The molecule has 102 valence electrons. The van der Waals surface area contributed by atoms with Crippen LogP contribution in [0.25, 0.3) is 0 Å². The van der Waals surface area contributed by atoms with Gasteiger partial charge in [-0.25, -0.2) is 0 Å². The van der Waals surface area contributed by atoms with Crippen LogP contribution in [0.2, 0.25) is 0 Å². The highest BCUT2D eigenvalue weighted by Crippen LogP contribution is 2.10. The van der Waals surface area contributed by atoms with Crippen LogP contribution in [0.3, 0.4) is 0 Å². The lowest BCUT2D eigenvalue weighted by Gasteiger charge is -2.18. The van der Waals surface area contributed by atoms with Gasteiger partial charge in [-0.3, -0.25) is 9.78 Å². The van der Waals surface area contributed by atoms with Crippen LogP contribution in [0.1, 0.15) is 26.0 Å². The lowest BCUT2D eigenvalue weighted by molar-refractivity contribution is -0.134. The van der Waals surface area contributed by atoms with Crippen molar-refractivity contribution < 1.29 is 9.53 Å². The lowest BCUT2D eigenvalue weighted by atomic mass is 10.1. The quantitative estimate of drug-likeness (QED) is 0.757. The molecule has 0 fully saturated rings. The van der Waals surface area contributed by atoms with E-state index in [0.717, 1.165) is 5.69 Å². The average molecular weight is 261 g/mol. The average Bonchev–Trinajstić information content (AvgIpc) is 2.41. The summed E-state index contributed by atoms with van der Waals surface area (Å²) in [5.74, 6) is 0.0905. The van der Waals surface area contributed by atoms with E-state index in [1.807, 2.05) is 38.1 Å². The summed E-state index contributed by atoms with van der Waals surface area (Å²) >= 11 is 0. The summed E-state index contributed by atoms with van der Waals surface area (Å²) in [6, 6.07) is 7.43. The van der Waals surface area contributed by atoms with Crippen LogP contribution in [-0.4, -0.2) is 23.5 Å². The highest BCUT2D eigenvalue weighted by atomic mass is 16.5. The number of nitrogens with zero attached hydrogens (tertiary/aromatic N) is 2. The van der Waals surface area contributed by atoms with E-state index >= 15 is 0 Å². The number of amides is 1. The van der Waals surface area contributed by atoms with Crippen molar-refractivity contribution in [1.82, 2.24) is 10.3 Å². The van der Waals surface area contributed by atoms with Crippen molar-refractivity contribution in [2.75, 3.05) is 6.54 Å². The second kappa shape index (κ2) is 8.22. The van der Waals surface area contributed by atoms with E-state index in [9.17, 15) is 4.79 Å². The minimum Gasteiger partial charge on any atom is -0.362 e. The molecule has 0 aliphatic heterocycles. The SMILES string of the molecule is CC(C)CC(OCc1ccccn1)C(=O)NCC#N. The third-order valence-electron chi connectivity index (χ3n) is 2.48. The van der Waals surface area contributed by atoms with Crippen molar-refractivity contribution in [3.63, 3.8) is 0 Å². The number of carbonyl (C=O) groups excluding carboxylic acids is 1. The summed E-state index contributed by atoms with van der Waals surface area (Å²) in [5, 5.41) is 11.0. The molecule has 1 aromatic heterocycles. The topological polar surface area (TPSA) is 75.0 Å². The fraction of sp³-hybridized carbons (Fsp3) is 0.500. The lowest BCUT2D eigenvalue weighted by Crippen LogP contribution is -2.37. The molecule has 1 amide bonds. The van der Waals surface area contributed by atoms with Crippen molar-refractivity contribution in [2.24, 2.45) is 5.92 Å². The Kier molecular flexibility index (Phi) is 6.55. The van der Waals surface area contributed by atoms with Gasteiger partial charge in [0.1, 0.15) is 12.6 Å². The second-order valence-electron chi connectivity index (χ2n) is 4.63. The minimum absolute atomic E-state index is 0.000373. The van der Waals surface area contributed by atoms with Crippen molar-refractivity contribution >= 4 is 5.91 Å². The van der Waals surface area contributed by atoms with E-state index in [0.29, 0.717) is 12.3 Å². The van der Waals surface area contributed by atoms with E-state index in [2.05, 4.69) is 10.3 Å². The van der Waals surface area contributed by atoms with E-state index in [1.54, 1.807) is 6.20 Å². The first kappa shape index (κ1) is 15.1. The molecule has 1 heterocycles. The van der Waals surface area contributed by atoms with E-state index in [1.165, 1.54) is 0 Å². The van der Waals surface area contributed by atoms with Crippen LogP contribution in [-0.2, 0) is 16.1 Å². The van der Waals surface area contributed by atoms with Crippen LogP contribution in [0.4, 0.5) is 0 Å². The third-order valence-corrected chi connectivity index (χ3v) is 2.48. The molecular formula is C14H19N3O2. The Balaban J connectivity index is 2.54. The molecule has 0 aromatic carbocycles. The zero-order valence-corrected chi connectivity index (χ0v) is 11.3. The van der Waals surface area contributed by atoms with Gasteiger partial charge in [0, 0.05) is 6.20 Å². The van der Waals surface area contributed by atoms with Crippen LogP contribution >= 0.6 is 0 Å². The molecule has 5 nitrogen and oxygen atoms in total. The van der Waals surface area contributed by atoms with Gasteiger partial charge in [0.25, 0.3) is 0 Å². The van der Waals surface area contributed by atoms with Gasteiger partial charge in [-0.05, 0) is 24.5 Å². The fourth-order valence-corrected chi connectivity index (χ4v) is 1.59. The van der Waals surface area contributed by atoms with Crippen LogP contribution in [0.15, 0.2) is 24.4 Å². The van der Waals surface area contributed by atoms with Crippen LogP contribution in [0, 0.1) is 17.2 Å². The van der Waals surface area contributed by atoms with Crippen molar-refractivity contribution in [3.8, 4) is 6.07 Å². The molecule has 0 aliphatic carbocycles. The number of nitrogens with one attached hydrogen (secondary N) is 1. The van der Waals surface area contributed by atoms with Gasteiger partial charge < -0.3 is 10.1 Å².